The van der Waals surface area contributed by atoms with Gasteiger partial charge in [0, 0.05) is 6.07 Å². The summed E-state index contributed by atoms with van der Waals surface area (Å²) >= 11 is 0. The fourth-order valence-corrected chi connectivity index (χ4v) is 0.748. The maximum atomic E-state index is 10.6. The Morgan fingerprint density at radius 2 is 2.50 bits per heavy atom. The third-order valence-corrected chi connectivity index (χ3v) is 1.28. The topological polar surface area (TPSA) is 55.0 Å². The maximum Gasteiger partial charge on any atom is 0.264 e. The molecule has 0 bridgehead atoms. The van der Waals surface area contributed by atoms with Crippen molar-refractivity contribution in [3.05, 3.63) is 34.8 Å². The van der Waals surface area contributed by atoms with E-state index in [9.17, 15) is 4.79 Å². The lowest BCUT2D eigenvalue weighted by Crippen LogP contribution is -2.07. The first-order valence-electron chi connectivity index (χ1n) is 3.62. The van der Waals surface area contributed by atoms with Crippen LogP contribution < -0.4 is 5.56 Å². The van der Waals surface area contributed by atoms with Crippen LogP contribution in [0.2, 0.25) is 0 Å². The molecule has 1 aromatic rings. The number of H-pyrrole nitrogens is 1. The number of ether oxygens (including phenoxy) is 1. The first-order valence-corrected chi connectivity index (χ1v) is 3.62. The van der Waals surface area contributed by atoms with Crippen molar-refractivity contribution in [3.8, 4) is 0 Å². The zero-order valence-electron chi connectivity index (χ0n) is 6.83. The molecule has 0 unspecified atom stereocenters. The molecule has 64 valence electrons. The molecule has 1 heterocycles. The van der Waals surface area contributed by atoms with Gasteiger partial charge in [-0.1, -0.05) is 6.58 Å². The van der Waals surface area contributed by atoms with Crippen LogP contribution in [0, 0.1) is 0 Å². The van der Waals surface area contributed by atoms with E-state index in [1.807, 2.05) is 6.92 Å². The van der Waals surface area contributed by atoms with Gasteiger partial charge < -0.3 is 4.74 Å². The molecule has 0 fully saturated rings. The van der Waals surface area contributed by atoms with Crippen molar-refractivity contribution in [2.75, 3.05) is 6.61 Å². The van der Waals surface area contributed by atoms with Crippen LogP contribution in [-0.4, -0.2) is 16.8 Å². The second-order valence-corrected chi connectivity index (χ2v) is 2.16. The quantitative estimate of drug-likeness (QED) is 0.675. The normalized spacial score (nSPS) is 9.42. The number of aromatic nitrogens is 2. The number of hydrogen-bond acceptors (Lipinski definition) is 3. The van der Waals surface area contributed by atoms with Crippen LogP contribution in [0.3, 0.4) is 0 Å². The van der Waals surface area contributed by atoms with Crippen molar-refractivity contribution in [2.24, 2.45) is 0 Å². The summed E-state index contributed by atoms with van der Waals surface area (Å²) in [5.41, 5.74) is 0.319. The molecule has 0 atom stereocenters. The average Bonchev–Trinajstić information content (AvgIpc) is 2.06. The molecule has 0 radical (unpaired) electrons. The van der Waals surface area contributed by atoms with Crippen molar-refractivity contribution >= 4 is 5.76 Å². The lowest BCUT2D eigenvalue weighted by molar-refractivity contribution is 0.297. The highest BCUT2D eigenvalue weighted by Crippen LogP contribution is 2.06. The Labute approximate surface area is 69.9 Å². The van der Waals surface area contributed by atoms with E-state index in [2.05, 4.69) is 16.8 Å². The molecule has 0 saturated carbocycles. The van der Waals surface area contributed by atoms with Crippen molar-refractivity contribution in [1.82, 2.24) is 10.2 Å². The molecule has 4 heteroatoms. The Hall–Kier alpha value is -1.58. The smallest absolute Gasteiger partial charge is 0.264 e. The molecule has 0 aliphatic heterocycles. The predicted octanol–water partition coefficient (Wildman–Crippen LogP) is 0.777. The van der Waals surface area contributed by atoms with Crippen molar-refractivity contribution in [1.29, 1.82) is 0 Å². The van der Waals surface area contributed by atoms with E-state index in [1.54, 1.807) is 6.07 Å². The molecule has 0 aliphatic rings. The number of rotatable bonds is 3. The van der Waals surface area contributed by atoms with Gasteiger partial charge in [-0.25, -0.2) is 5.10 Å². The summed E-state index contributed by atoms with van der Waals surface area (Å²) in [4.78, 5) is 10.6. The molecule has 0 aliphatic carbocycles. The van der Waals surface area contributed by atoms with Crippen LogP contribution in [0.15, 0.2) is 23.5 Å². The highest BCUT2D eigenvalue weighted by Gasteiger charge is 1.99. The van der Waals surface area contributed by atoms with Gasteiger partial charge in [0.2, 0.25) is 0 Å². The lowest BCUT2D eigenvalue weighted by Gasteiger charge is -2.03. The molecule has 12 heavy (non-hydrogen) atoms. The highest BCUT2D eigenvalue weighted by molar-refractivity contribution is 5.52. The zero-order valence-corrected chi connectivity index (χ0v) is 6.83. The average molecular weight is 166 g/mol. The van der Waals surface area contributed by atoms with Gasteiger partial charge in [0.25, 0.3) is 5.56 Å². The molecular formula is C8H10N2O2. The van der Waals surface area contributed by atoms with Gasteiger partial charge in [-0.05, 0) is 13.0 Å². The number of aromatic amines is 1. The standard InChI is InChI=1S/C8H10N2O2/c1-3-12-6(2)7-4-5-8(11)10-9-7/h4-5H,2-3H2,1H3,(H,10,11). The summed E-state index contributed by atoms with van der Waals surface area (Å²) in [6.45, 7) is 6.04. The molecule has 0 amide bonds. The van der Waals surface area contributed by atoms with Crippen molar-refractivity contribution < 1.29 is 4.74 Å². The van der Waals surface area contributed by atoms with E-state index in [-0.39, 0.29) is 5.56 Å². The highest BCUT2D eigenvalue weighted by atomic mass is 16.5. The minimum atomic E-state index is -0.233. The Morgan fingerprint density at radius 1 is 1.75 bits per heavy atom. The Morgan fingerprint density at radius 3 is 3.00 bits per heavy atom. The van der Waals surface area contributed by atoms with Crippen LogP contribution in [0.25, 0.3) is 5.76 Å². The van der Waals surface area contributed by atoms with Crippen molar-refractivity contribution in [3.63, 3.8) is 0 Å². The molecule has 1 aromatic heterocycles. The molecule has 0 spiro atoms. The Kier molecular flexibility index (Phi) is 2.63. The van der Waals surface area contributed by atoms with Gasteiger partial charge in [-0.3, -0.25) is 4.79 Å². The Bertz CT molecular complexity index is 310. The van der Waals surface area contributed by atoms with Crippen LogP contribution in [0.4, 0.5) is 0 Å². The van der Waals surface area contributed by atoms with E-state index < -0.39 is 0 Å². The molecule has 1 rings (SSSR count). The van der Waals surface area contributed by atoms with E-state index in [0.29, 0.717) is 18.1 Å². The monoisotopic (exact) mass is 166 g/mol. The molecular weight excluding hydrogens is 156 g/mol. The summed E-state index contributed by atoms with van der Waals surface area (Å²) in [6.07, 6.45) is 0. The van der Waals surface area contributed by atoms with E-state index in [0.717, 1.165) is 0 Å². The van der Waals surface area contributed by atoms with E-state index in [4.69, 9.17) is 4.74 Å². The van der Waals surface area contributed by atoms with Gasteiger partial charge in [0.1, 0.15) is 11.5 Å². The summed E-state index contributed by atoms with van der Waals surface area (Å²) in [5, 5.41) is 6.03. The summed E-state index contributed by atoms with van der Waals surface area (Å²) in [5.74, 6) is 0.466. The summed E-state index contributed by atoms with van der Waals surface area (Å²) in [7, 11) is 0. The molecule has 0 aromatic carbocycles. The predicted molar refractivity (Wildman–Crippen MR) is 45.5 cm³/mol. The second-order valence-electron chi connectivity index (χ2n) is 2.16. The second kappa shape index (κ2) is 3.71. The minimum absolute atomic E-state index is 0.233. The molecule has 1 N–H and O–H groups in total. The Balaban J connectivity index is 2.82. The van der Waals surface area contributed by atoms with Gasteiger partial charge in [0.15, 0.2) is 0 Å². The first kappa shape index (κ1) is 8.52. The third kappa shape index (κ3) is 1.95. The first-order chi connectivity index (χ1) is 5.74. The number of nitrogens with zero attached hydrogens (tertiary/aromatic N) is 1. The molecule has 4 nitrogen and oxygen atoms in total. The lowest BCUT2D eigenvalue weighted by atomic mass is 10.3. The SMILES string of the molecule is C=C(OCC)c1ccc(=O)[nH]n1. The number of hydrogen-bond donors (Lipinski definition) is 1. The van der Waals surface area contributed by atoms with Gasteiger partial charge in [0.05, 0.1) is 6.61 Å². The largest absolute Gasteiger partial charge is 0.492 e. The summed E-state index contributed by atoms with van der Waals surface area (Å²) in [6, 6.07) is 2.95. The van der Waals surface area contributed by atoms with Crippen LogP contribution in [0.1, 0.15) is 12.6 Å². The minimum Gasteiger partial charge on any atom is -0.492 e. The summed E-state index contributed by atoms with van der Waals surface area (Å²) < 4.78 is 5.09. The van der Waals surface area contributed by atoms with Gasteiger partial charge >= 0.3 is 0 Å². The van der Waals surface area contributed by atoms with E-state index in [1.165, 1.54) is 6.07 Å². The van der Waals surface area contributed by atoms with Gasteiger partial charge in [-0.2, -0.15) is 5.10 Å². The fraction of sp³-hybridized carbons (Fsp3) is 0.250. The van der Waals surface area contributed by atoms with Crippen LogP contribution >= 0.6 is 0 Å². The zero-order chi connectivity index (χ0) is 8.97. The van der Waals surface area contributed by atoms with Gasteiger partial charge in [-0.15, -0.1) is 0 Å². The maximum absolute atomic E-state index is 10.6. The fourth-order valence-electron chi connectivity index (χ4n) is 0.748. The van der Waals surface area contributed by atoms with Crippen LogP contribution in [-0.2, 0) is 4.74 Å². The van der Waals surface area contributed by atoms with Crippen molar-refractivity contribution in [2.45, 2.75) is 6.92 Å². The van der Waals surface area contributed by atoms with E-state index >= 15 is 0 Å². The van der Waals surface area contributed by atoms with Crippen LogP contribution in [0.5, 0.6) is 0 Å². The third-order valence-electron chi connectivity index (χ3n) is 1.28. The molecule has 0 saturated heterocycles. The number of nitrogens with one attached hydrogen (secondary N) is 1.